The number of carbonyl (C=O) groups excluding carboxylic acids is 4. The molecule has 1 aliphatic rings. The molecule has 1 aliphatic carbocycles. The first-order valence-electron chi connectivity index (χ1n) is 9.86. The first-order chi connectivity index (χ1) is 12.2. The maximum absolute atomic E-state index is 12.5. The first kappa shape index (κ1) is 22.3. The van der Waals surface area contributed by atoms with Crippen LogP contribution in [-0.2, 0) is 19.2 Å². The Morgan fingerprint density at radius 1 is 1.00 bits per heavy atom. The van der Waals surface area contributed by atoms with E-state index in [2.05, 4.69) is 0 Å². The standard InChI is InChI=1S/C20H34N2O4/c1-6-22(18(24)14(2)3)17(23)13-9-10-15(4)19(25)21(5)20(26)16-11-7-8-12-16/h14-16H,6-13H2,1-5H3. The maximum Gasteiger partial charge on any atom is 0.232 e. The Kier molecular flexibility index (Phi) is 8.96. The van der Waals surface area contributed by atoms with Crippen LogP contribution in [0.5, 0.6) is 0 Å². The molecule has 0 spiro atoms. The zero-order valence-corrected chi connectivity index (χ0v) is 16.9. The second-order valence-corrected chi connectivity index (χ2v) is 7.64. The van der Waals surface area contributed by atoms with Gasteiger partial charge in [-0.2, -0.15) is 0 Å². The molecule has 1 saturated carbocycles. The van der Waals surface area contributed by atoms with E-state index >= 15 is 0 Å². The van der Waals surface area contributed by atoms with Crippen LogP contribution in [-0.4, -0.2) is 47.0 Å². The summed E-state index contributed by atoms with van der Waals surface area (Å²) in [5.41, 5.74) is 0. The fourth-order valence-corrected chi connectivity index (χ4v) is 3.47. The normalized spacial score (nSPS) is 15.8. The van der Waals surface area contributed by atoms with E-state index in [0.29, 0.717) is 19.4 Å². The van der Waals surface area contributed by atoms with E-state index in [9.17, 15) is 19.2 Å². The molecule has 0 aromatic heterocycles. The van der Waals surface area contributed by atoms with Gasteiger partial charge in [0.15, 0.2) is 0 Å². The summed E-state index contributed by atoms with van der Waals surface area (Å²) in [7, 11) is 1.56. The summed E-state index contributed by atoms with van der Waals surface area (Å²) in [4.78, 5) is 51.6. The molecule has 0 aliphatic heterocycles. The lowest BCUT2D eigenvalue weighted by molar-refractivity contribution is -0.149. The fraction of sp³-hybridized carbons (Fsp3) is 0.800. The molecule has 0 saturated heterocycles. The van der Waals surface area contributed by atoms with Crippen molar-refractivity contribution in [2.45, 2.75) is 72.6 Å². The summed E-state index contributed by atoms with van der Waals surface area (Å²) in [6.07, 6.45) is 5.15. The van der Waals surface area contributed by atoms with Crippen molar-refractivity contribution in [3.8, 4) is 0 Å². The van der Waals surface area contributed by atoms with E-state index in [4.69, 9.17) is 0 Å². The molecule has 0 heterocycles. The van der Waals surface area contributed by atoms with Crippen molar-refractivity contribution in [3.05, 3.63) is 0 Å². The number of amides is 4. The maximum atomic E-state index is 12.5. The molecule has 6 nitrogen and oxygen atoms in total. The van der Waals surface area contributed by atoms with Gasteiger partial charge >= 0.3 is 0 Å². The minimum atomic E-state index is -0.311. The predicted octanol–water partition coefficient (Wildman–Crippen LogP) is 3.00. The molecular weight excluding hydrogens is 332 g/mol. The van der Waals surface area contributed by atoms with Crippen LogP contribution in [0.3, 0.4) is 0 Å². The highest BCUT2D eigenvalue weighted by Crippen LogP contribution is 2.27. The third-order valence-corrected chi connectivity index (χ3v) is 5.19. The third-order valence-electron chi connectivity index (χ3n) is 5.19. The molecule has 4 amide bonds. The van der Waals surface area contributed by atoms with Crippen LogP contribution >= 0.6 is 0 Å². The third kappa shape index (κ3) is 5.92. The van der Waals surface area contributed by atoms with Gasteiger partial charge < -0.3 is 0 Å². The molecular formula is C20H34N2O4. The van der Waals surface area contributed by atoms with E-state index in [1.165, 1.54) is 9.80 Å². The second-order valence-electron chi connectivity index (χ2n) is 7.64. The zero-order valence-electron chi connectivity index (χ0n) is 16.9. The average Bonchev–Trinajstić information content (AvgIpc) is 3.14. The average molecular weight is 367 g/mol. The number of carbonyl (C=O) groups is 4. The van der Waals surface area contributed by atoms with Crippen molar-refractivity contribution < 1.29 is 19.2 Å². The van der Waals surface area contributed by atoms with Crippen molar-refractivity contribution in [2.24, 2.45) is 17.8 Å². The van der Waals surface area contributed by atoms with Crippen LogP contribution in [0.15, 0.2) is 0 Å². The molecule has 0 bridgehead atoms. The molecule has 26 heavy (non-hydrogen) atoms. The molecule has 1 atom stereocenters. The Labute approximate surface area is 157 Å². The van der Waals surface area contributed by atoms with Crippen molar-refractivity contribution in [1.29, 1.82) is 0 Å². The van der Waals surface area contributed by atoms with Gasteiger partial charge in [-0.3, -0.25) is 29.0 Å². The van der Waals surface area contributed by atoms with Crippen LogP contribution in [0.1, 0.15) is 72.6 Å². The molecule has 0 aromatic carbocycles. The Morgan fingerprint density at radius 3 is 2.08 bits per heavy atom. The molecule has 0 N–H and O–H groups in total. The van der Waals surface area contributed by atoms with Gasteiger partial charge in [-0.25, -0.2) is 0 Å². The summed E-state index contributed by atoms with van der Waals surface area (Å²) in [6, 6.07) is 0. The summed E-state index contributed by atoms with van der Waals surface area (Å²) >= 11 is 0. The quantitative estimate of drug-likeness (QED) is 0.662. The number of rotatable bonds is 8. The largest absolute Gasteiger partial charge is 0.285 e. The van der Waals surface area contributed by atoms with E-state index in [1.807, 2.05) is 0 Å². The Balaban J connectivity index is 2.45. The van der Waals surface area contributed by atoms with Crippen LogP contribution in [0.4, 0.5) is 0 Å². The monoisotopic (exact) mass is 366 g/mol. The van der Waals surface area contributed by atoms with Gasteiger partial charge in [0.25, 0.3) is 0 Å². The summed E-state index contributed by atoms with van der Waals surface area (Å²) in [5.74, 6) is -1.15. The summed E-state index contributed by atoms with van der Waals surface area (Å²) < 4.78 is 0. The number of imide groups is 2. The molecule has 1 rings (SSSR count). The van der Waals surface area contributed by atoms with E-state index < -0.39 is 0 Å². The fourth-order valence-electron chi connectivity index (χ4n) is 3.47. The van der Waals surface area contributed by atoms with E-state index in [-0.39, 0.29) is 47.8 Å². The summed E-state index contributed by atoms with van der Waals surface area (Å²) in [5, 5.41) is 0. The second kappa shape index (κ2) is 10.4. The first-order valence-corrected chi connectivity index (χ1v) is 9.86. The smallest absolute Gasteiger partial charge is 0.232 e. The van der Waals surface area contributed by atoms with Gasteiger partial charge in [0.1, 0.15) is 0 Å². The van der Waals surface area contributed by atoms with Crippen molar-refractivity contribution in [3.63, 3.8) is 0 Å². The summed E-state index contributed by atoms with van der Waals surface area (Å²) in [6.45, 7) is 7.49. The highest BCUT2D eigenvalue weighted by atomic mass is 16.2. The molecule has 148 valence electrons. The Bertz CT molecular complexity index is 524. The van der Waals surface area contributed by atoms with Crippen LogP contribution in [0.2, 0.25) is 0 Å². The van der Waals surface area contributed by atoms with Crippen LogP contribution in [0, 0.1) is 17.8 Å². The van der Waals surface area contributed by atoms with Crippen molar-refractivity contribution in [1.82, 2.24) is 9.80 Å². The molecule has 6 heteroatoms. The molecule has 0 radical (unpaired) electrons. The number of hydrogen-bond acceptors (Lipinski definition) is 4. The van der Waals surface area contributed by atoms with Crippen LogP contribution < -0.4 is 0 Å². The highest BCUT2D eigenvalue weighted by molar-refractivity contribution is 5.97. The van der Waals surface area contributed by atoms with Gasteiger partial charge in [-0.05, 0) is 32.6 Å². The lowest BCUT2D eigenvalue weighted by atomic mass is 10.0. The van der Waals surface area contributed by atoms with E-state index in [1.54, 1.807) is 34.7 Å². The molecule has 0 aromatic rings. The minimum Gasteiger partial charge on any atom is -0.285 e. The molecule has 1 unspecified atom stereocenters. The Hall–Kier alpha value is -1.72. The Morgan fingerprint density at radius 2 is 1.58 bits per heavy atom. The van der Waals surface area contributed by atoms with Gasteiger partial charge in [-0.1, -0.05) is 33.6 Å². The zero-order chi connectivity index (χ0) is 19.9. The molecule has 1 fully saturated rings. The van der Waals surface area contributed by atoms with Crippen LogP contribution in [0.25, 0.3) is 0 Å². The SMILES string of the molecule is CCN(C(=O)CCCC(C)C(=O)N(C)C(=O)C1CCCC1)C(=O)C(C)C. The van der Waals surface area contributed by atoms with Gasteiger partial charge in [0.2, 0.25) is 23.6 Å². The van der Waals surface area contributed by atoms with Crippen molar-refractivity contribution >= 4 is 23.6 Å². The van der Waals surface area contributed by atoms with Gasteiger partial charge in [0.05, 0.1) is 0 Å². The lowest BCUT2D eigenvalue weighted by Crippen LogP contribution is -2.40. The lowest BCUT2D eigenvalue weighted by Gasteiger charge is -2.23. The van der Waals surface area contributed by atoms with Gasteiger partial charge in [-0.15, -0.1) is 0 Å². The number of hydrogen-bond donors (Lipinski definition) is 0. The van der Waals surface area contributed by atoms with E-state index in [0.717, 1.165) is 25.7 Å². The highest BCUT2D eigenvalue weighted by Gasteiger charge is 2.30. The van der Waals surface area contributed by atoms with Crippen molar-refractivity contribution in [2.75, 3.05) is 13.6 Å². The number of nitrogens with zero attached hydrogens (tertiary/aromatic N) is 2. The predicted molar refractivity (Wildman–Crippen MR) is 100.0 cm³/mol. The minimum absolute atomic E-state index is 0.0158. The van der Waals surface area contributed by atoms with Gasteiger partial charge in [0, 0.05) is 37.8 Å². The topological polar surface area (TPSA) is 74.8 Å².